The molecule has 0 amide bonds. The van der Waals surface area contributed by atoms with Crippen molar-refractivity contribution in [1.82, 2.24) is 0 Å². The molecular weight excluding hydrogens is 294 g/mol. The molecule has 1 aromatic rings. The second-order valence-corrected chi connectivity index (χ2v) is 4.41. The fourth-order valence-corrected chi connectivity index (χ4v) is 1.98. The smallest absolute Gasteiger partial charge is 0.324 e. The Morgan fingerprint density at radius 1 is 1.40 bits per heavy atom. The molecule has 1 atom stereocenters. The second kappa shape index (κ2) is 4.72. The van der Waals surface area contributed by atoms with Gasteiger partial charge >= 0.3 is 6.18 Å². The van der Waals surface area contributed by atoms with Crippen LogP contribution in [0.5, 0.6) is 0 Å². The number of benzene rings is 1. The minimum Gasteiger partial charge on any atom is -0.324 e. The highest BCUT2D eigenvalue weighted by atomic mass is 79.9. The molecule has 6 heteroatoms. The molecule has 0 aliphatic carbocycles. The van der Waals surface area contributed by atoms with Crippen LogP contribution in [0.25, 0.3) is 0 Å². The van der Waals surface area contributed by atoms with Crippen molar-refractivity contribution < 1.29 is 13.2 Å². The lowest BCUT2D eigenvalue weighted by atomic mass is 10.0. The summed E-state index contributed by atoms with van der Waals surface area (Å²) in [5.41, 5.74) is 5.72. The van der Waals surface area contributed by atoms with Gasteiger partial charge in [-0.15, -0.1) is 0 Å². The van der Waals surface area contributed by atoms with Gasteiger partial charge in [0.2, 0.25) is 0 Å². The van der Waals surface area contributed by atoms with Crippen molar-refractivity contribution in [2.75, 3.05) is 0 Å². The van der Waals surface area contributed by atoms with Crippen LogP contribution >= 0.6 is 27.5 Å². The van der Waals surface area contributed by atoms with E-state index in [-0.39, 0.29) is 5.02 Å². The first kappa shape index (κ1) is 12.8. The second-order valence-electron chi connectivity index (χ2n) is 3.09. The van der Waals surface area contributed by atoms with E-state index in [1.165, 1.54) is 12.1 Å². The number of hydrogen-bond acceptors (Lipinski definition) is 1. The summed E-state index contributed by atoms with van der Waals surface area (Å²) in [6.07, 6.45) is -5.36. The maximum Gasteiger partial charge on any atom is 0.390 e. The molecule has 0 saturated heterocycles. The van der Waals surface area contributed by atoms with E-state index < -0.39 is 18.6 Å². The molecule has 1 rings (SSSR count). The van der Waals surface area contributed by atoms with E-state index in [4.69, 9.17) is 17.3 Å². The summed E-state index contributed by atoms with van der Waals surface area (Å²) in [6, 6.07) is 3.50. The van der Waals surface area contributed by atoms with Crippen LogP contribution in [-0.4, -0.2) is 6.18 Å². The van der Waals surface area contributed by atoms with Gasteiger partial charge in [0.15, 0.2) is 0 Å². The molecule has 0 saturated carbocycles. The van der Waals surface area contributed by atoms with Crippen molar-refractivity contribution in [2.24, 2.45) is 5.73 Å². The average molecular weight is 303 g/mol. The highest BCUT2D eigenvalue weighted by Crippen LogP contribution is 2.32. The van der Waals surface area contributed by atoms with E-state index in [0.29, 0.717) is 10.0 Å². The van der Waals surface area contributed by atoms with Crippen molar-refractivity contribution >= 4 is 27.5 Å². The van der Waals surface area contributed by atoms with Gasteiger partial charge in [0.25, 0.3) is 0 Å². The molecule has 0 radical (unpaired) electrons. The zero-order valence-corrected chi connectivity index (χ0v) is 9.83. The molecule has 15 heavy (non-hydrogen) atoms. The first-order valence-corrected chi connectivity index (χ1v) is 5.24. The molecular formula is C9H8BrClF3N. The van der Waals surface area contributed by atoms with E-state index in [1.807, 2.05) is 0 Å². The van der Waals surface area contributed by atoms with E-state index in [2.05, 4.69) is 15.9 Å². The van der Waals surface area contributed by atoms with E-state index in [9.17, 15) is 13.2 Å². The van der Waals surface area contributed by atoms with Crippen molar-refractivity contribution in [3.05, 3.63) is 33.3 Å². The largest absolute Gasteiger partial charge is 0.390 e. The predicted octanol–water partition coefficient (Wildman–Crippen LogP) is 4.05. The zero-order valence-electron chi connectivity index (χ0n) is 7.48. The van der Waals surface area contributed by atoms with Gasteiger partial charge in [0.1, 0.15) is 0 Å². The molecule has 0 aliphatic heterocycles. The Morgan fingerprint density at radius 3 is 2.47 bits per heavy atom. The van der Waals surface area contributed by atoms with E-state index in [0.717, 1.165) is 0 Å². The van der Waals surface area contributed by atoms with Gasteiger partial charge in [-0.25, -0.2) is 0 Å². The predicted molar refractivity (Wildman–Crippen MR) is 56.8 cm³/mol. The Hall–Kier alpha value is -0.260. The van der Waals surface area contributed by atoms with Crippen molar-refractivity contribution in [3.63, 3.8) is 0 Å². The lowest BCUT2D eigenvalue weighted by Gasteiger charge is -2.15. The third kappa shape index (κ3) is 4.01. The van der Waals surface area contributed by atoms with Gasteiger partial charge in [0, 0.05) is 15.5 Å². The fourth-order valence-electron chi connectivity index (χ4n) is 1.16. The quantitative estimate of drug-likeness (QED) is 0.876. The van der Waals surface area contributed by atoms with E-state index >= 15 is 0 Å². The highest BCUT2D eigenvalue weighted by molar-refractivity contribution is 9.10. The van der Waals surface area contributed by atoms with Crippen LogP contribution in [0.2, 0.25) is 5.02 Å². The van der Waals surface area contributed by atoms with Crippen molar-refractivity contribution in [3.8, 4) is 0 Å². The summed E-state index contributed by atoms with van der Waals surface area (Å²) in [6.45, 7) is 0. The first-order chi connectivity index (χ1) is 6.79. The molecule has 84 valence electrons. The molecule has 0 aromatic heterocycles. The van der Waals surface area contributed by atoms with Crippen molar-refractivity contribution in [2.45, 2.75) is 18.6 Å². The summed E-state index contributed by atoms with van der Waals surface area (Å²) in [4.78, 5) is 0. The van der Waals surface area contributed by atoms with Gasteiger partial charge < -0.3 is 5.73 Å². The minimum absolute atomic E-state index is 0.237. The van der Waals surface area contributed by atoms with E-state index in [1.54, 1.807) is 6.07 Å². The average Bonchev–Trinajstić information content (AvgIpc) is 1.99. The van der Waals surface area contributed by atoms with Gasteiger partial charge in [-0.05, 0) is 17.7 Å². The SMILES string of the molecule is NC(CC(F)(F)F)c1ccc(Br)cc1Cl. The first-order valence-electron chi connectivity index (χ1n) is 4.07. The van der Waals surface area contributed by atoms with Gasteiger partial charge in [-0.2, -0.15) is 13.2 Å². The third-order valence-corrected chi connectivity index (χ3v) is 2.63. The lowest BCUT2D eigenvalue weighted by Crippen LogP contribution is -2.20. The van der Waals surface area contributed by atoms with Crippen molar-refractivity contribution in [1.29, 1.82) is 0 Å². The third-order valence-electron chi connectivity index (χ3n) is 1.81. The topological polar surface area (TPSA) is 26.0 Å². The molecule has 0 heterocycles. The van der Waals surface area contributed by atoms with Crippen LogP contribution in [0.3, 0.4) is 0 Å². The lowest BCUT2D eigenvalue weighted by molar-refractivity contribution is -0.138. The number of nitrogens with two attached hydrogens (primary N) is 1. The Bertz CT molecular complexity index is 354. The standard InChI is InChI=1S/C9H8BrClF3N/c10-5-1-2-6(7(11)3-5)8(15)4-9(12,13)14/h1-3,8H,4,15H2. The number of rotatable bonds is 2. The van der Waals surface area contributed by atoms with Crippen LogP contribution in [0.4, 0.5) is 13.2 Å². The summed E-state index contributed by atoms with van der Waals surface area (Å²) in [5.74, 6) is 0. The minimum atomic E-state index is -4.28. The molecule has 1 unspecified atom stereocenters. The molecule has 0 bridgehead atoms. The summed E-state index contributed by atoms with van der Waals surface area (Å²) >= 11 is 8.94. The molecule has 1 aromatic carbocycles. The highest BCUT2D eigenvalue weighted by Gasteiger charge is 2.31. The molecule has 0 spiro atoms. The maximum absolute atomic E-state index is 12.1. The molecule has 0 aliphatic rings. The number of alkyl halides is 3. The van der Waals surface area contributed by atoms with Gasteiger partial charge in [-0.1, -0.05) is 33.6 Å². The van der Waals surface area contributed by atoms with Crippen LogP contribution in [0.1, 0.15) is 18.0 Å². The monoisotopic (exact) mass is 301 g/mol. The Morgan fingerprint density at radius 2 is 2.00 bits per heavy atom. The summed E-state index contributed by atoms with van der Waals surface area (Å²) in [7, 11) is 0. The number of halogens is 5. The Kier molecular flexibility index (Phi) is 4.03. The van der Waals surface area contributed by atoms with Crippen LogP contribution < -0.4 is 5.73 Å². The van der Waals surface area contributed by atoms with Gasteiger partial charge in [0.05, 0.1) is 6.42 Å². The van der Waals surface area contributed by atoms with Crippen LogP contribution in [-0.2, 0) is 0 Å². The normalized spacial score (nSPS) is 14.0. The van der Waals surface area contributed by atoms with Crippen LogP contribution in [0, 0.1) is 0 Å². The Balaban J connectivity index is 2.87. The maximum atomic E-state index is 12.1. The summed E-state index contributed by atoms with van der Waals surface area (Å²) in [5, 5.41) is 0.237. The molecule has 1 nitrogen and oxygen atoms in total. The van der Waals surface area contributed by atoms with Gasteiger partial charge in [-0.3, -0.25) is 0 Å². The fraction of sp³-hybridized carbons (Fsp3) is 0.333. The number of hydrogen-bond donors (Lipinski definition) is 1. The molecule has 0 fully saturated rings. The zero-order chi connectivity index (χ0) is 11.6. The Labute approximate surface area is 98.5 Å². The van der Waals surface area contributed by atoms with Crippen LogP contribution in [0.15, 0.2) is 22.7 Å². The summed E-state index contributed by atoms with van der Waals surface area (Å²) < 4.78 is 36.9. The molecule has 2 N–H and O–H groups in total.